The molecule has 0 amide bonds. The minimum atomic E-state index is -3.52. The Balaban J connectivity index is 2.81. The van der Waals surface area contributed by atoms with Gasteiger partial charge in [-0.1, -0.05) is 13.0 Å². The quantitative estimate of drug-likeness (QED) is 0.790. The van der Waals surface area contributed by atoms with Gasteiger partial charge in [-0.2, -0.15) is 0 Å². The number of hydrogen-bond donors (Lipinski definition) is 1. The van der Waals surface area contributed by atoms with Gasteiger partial charge in [0, 0.05) is 13.2 Å². The van der Waals surface area contributed by atoms with Gasteiger partial charge in [0.15, 0.2) is 9.84 Å². The highest BCUT2D eigenvalue weighted by molar-refractivity contribution is 7.91. The third-order valence-electron chi connectivity index (χ3n) is 2.63. The van der Waals surface area contributed by atoms with Crippen molar-refractivity contribution < 1.29 is 17.5 Å². The van der Waals surface area contributed by atoms with Crippen molar-refractivity contribution in [2.75, 3.05) is 26.0 Å². The van der Waals surface area contributed by atoms with E-state index in [1.165, 1.54) is 25.3 Å². The van der Waals surface area contributed by atoms with Crippen LogP contribution in [-0.4, -0.2) is 40.5 Å². The average Bonchev–Trinajstić information content (AvgIpc) is 2.36. The van der Waals surface area contributed by atoms with Crippen LogP contribution in [0.2, 0.25) is 0 Å². The zero-order valence-electron chi connectivity index (χ0n) is 11.2. The maximum Gasteiger partial charge on any atom is 0.180 e. The molecule has 19 heavy (non-hydrogen) atoms. The van der Waals surface area contributed by atoms with Crippen molar-refractivity contribution in [3.63, 3.8) is 0 Å². The Morgan fingerprint density at radius 1 is 1.42 bits per heavy atom. The van der Waals surface area contributed by atoms with Gasteiger partial charge < -0.3 is 10.1 Å². The first-order valence-corrected chi connectivity index (χ1v) is 7.85. The zero-order valence-corrected chi connectivity index (χ0v) is 12.0. The fraction of sp³-hybridized carbons (Fsp3) is 0.538. The largest absolute Gasteiger partial charge is 0.383 e. The molecule has 1 N–H and O–H groups in total. The second kappa shape index (κ2) is 7.57. The van der Waals surface area contributed by atoms with Crippen molar-refractivity contribution in [1.29, 1.82) is 0 Å². The summed E-state index contributed by atoms with van der Waals surface area (Å²) in [6.45, 7) is 3.01. The summed E-state index contributed by atoms with van der Waals surface area (Å²) in [4.78, 5) is 0.00639. The minimum Gasteiger partial charge on any atom is -0.383 e. The Hall–Kier alpha value is -0.980. The van der Waals surface area contributed by atoms with Crippen LogP contribution in [-0.2, 0) is 14.6 Å². The van der Waals surface area contributed by atoms with E-state index in [1.54, 1.807) is 0 Å². The Labute approximate surface area is 113 Å². The number of ether oxygens (including phenoxy) is 1. The molecule has 0 fully saturated rings. The molecule has 0 saturated heterocycles. The predicted octanol–water partition coefficient (Wildman–Crippen LogP) is 1.61. The second-order valence-electron chi connectivity index (χ2n) is 4.35. The normalized spacial score (nSPS) is 13.4. The first-order valence-electron chi connectivity index (χ1n) is 6.20. The maximum atomic E-state index is 13.1. The molecule has 0 heterocycles. The lowest BCUT2D eigenvalue weighted by molar-refractivity contribution is 0.173. The van der Waals surface area contributed by atoms with Crippen molar-refractivity contribution in [2.24, 2.45) is 0 Å². The SMILES string of the molecule is CCCNC(COC)CS(=O)(=O)c1cccc(F)c1. The van der Waals surface area contributed by atoms with E-state index in [0.717, 1.165) is 12.5 Å². The van der Waals surface area contributed by atoms with Gasteiger partial charge in [0.25, 0.3) is 0 Å². The van der Waals surface area contributed by atoms with Gasteiger partial charge in [-0.15, -0.1) is 0 Å². The lowest BCUT2D eigenvalue weighted by Gasteiger charge is -2.17. The molecule has 0 aromatic heterocycles. The molecule has 0 saturated carbocycles. The van der Waals surface area contributed by atoms with Crippen LogP contribution in [0.25, 0.3) is 0 Å². The van der Waals surface area contributed by atoms with Crippen molar-refractivity contribution in [2.45, 2.75) is 24.3 Å². The highest BCUT2D eigenvalue weighted by Gasteiger charge is 2.21. The van der Waals surface area contributed by atoms with E-state index in [1.807, 2.05) is 6.92 Å². The summed E-state index contributed by atoms with van der Waals surface area (Å²) in [5, 5.41) is 3.11. The van der Waals surface area contributed by atoms with Gasteiger partial charge in [0.2, 0.25) is 0 Å². The molecule has 0 aliphatic carbocycles. The summed E-state index contributed by atoms with van der Waals surface area (Å²) in [7, 11) is -1.99. The molecule has 1 rings (SSSR count). The van der Waals surface area contributed by atoms with Crippen LogP contribution in [0.15, 0.2) is 29.2 Å². The minimum absolute atomic E-state index is 0.00639. The smallest absolute Gasteiger partial charge is 0.180 e. The molecular formula is C13H20FNO3S. The molecule has 1 aromatic rings. The van der Waals surface area contributed by atoms with E-state index < -0.39 is 15.7 Å². The van der Waals surface area contributed by atoms with E-state index in [-0.39, 0.29) is 16.7 Å². The summed E-state index contributed by atoms with van der Waals surface area (Å²) in [5.41, 5.74) is 0. The number of nitrogens with one attached hydrogen (secondary N) is 1. The lowest BCUT2D eigenvalue weighted by atomic mass is 10.3. The third-order valence-corrected chi connectivity index (χ3v) is 4.44. The molecule has 0 bridgehead atoms. The van der Waals surface area contributed by atoms with Gasteiger partial charge in [0.1, 0.15) is 5.82 Å². The summed E-state index contributed by atoms with van der Waals surface area (Å²) >= 11 is 0. The molecule has 0 radical (unpaired) electrons. The highest BCUT2D eigenvalue weighted by atomic mass is 32.2. The van der Waals surface area contributed by atoms with Crippen LogP contribution in [0, 0.1) is 5.82 Å². The van der Waals surface area contributed by atoms with Gasteiger partial charge in [0.05, 0.1) is 17.3 Å². The van der Waals surface area contributed by atoms with Gasteiger partial charge >= 0.3 is 0 Å². The molecule has 1 atom stereocenters. The number of rotatable bonds is 8. The number of halogens is 1. The molecular weight excluding hydrogens is 269 g/mol. The van der Waals surface area contributed by atoms with Crippen LogP contribution in [0.1, 0.15) is 13.3 Å². The van der Waals surface area contributed by atoms with Gasteiger partial charge in [-0.05, 0) is 31.2 Å². The predicted molar refractivity (Wildman–Crippen MR) is 72.4 cm³/mol. The molecule has 1 unspecified atom stereocenters. The van der Waals surface area contributed by atoms with Crippen molar-refractivity contribution in [3.8, 4) is 0 Å². The van der Waals surface area contributed by atoms with E-state index >= 15 is 0 Å². The number of methoxy groups -OCH3 is 1. The topological polar surface area (TPSA) is 55.4 Å². The molecule has 0 aliphatic heterocycles. The lowest BCUT2D eigenvalue weighted by Crippen LogP contribution is -2.39. The van der Waals surface area contributed by atoms with E-state index in [0.29, 0.717) is 13.2 Å². The van der Waals surface area contributed by atoms with Gasteiger partial charge in [-0.25, -0.2) is 12.8 Å². The molecule has 4 nitrogen and oxygen atoms in total. The fourth-order valence-corrected chi connectivity index (χ4v) is 3.25. The van der Waals surface area contributed by atoms with Crippen LogP contribution in [0.3, 0.4) is 0 Å². The summed E-state index contributed by atoms with van der Waals surface area (Å²) in [6.07, 6.45) is 0.903. The summed E-state index contributed by atoms with van der Waals surface area (Å²) in [6, 6.07) is 4.77. The molecule has 1 aromatic carbocycles. The first-order chi connectivity index (χ1) is 8.99. The van der Waals surface area contributed by atoms with Crippen LogP contribution in [0.5, 0.6) is 0 Å². The number of benzene rings is 1. The summed E-state index contributed by atoms with van der Waals surface area (Å²) in [5.74, 6) is -0.657. The number of sulfone groups is 1. The Kier molecular flexibility index (Phi) is 6.41. The van der Waals surface area contributed by atoms with Crippen LogP contribution in [0.4, 0.5) is 4.39 Å². The fourth-order valence-electron chi connectivity index (χ4n) is 1.74. The zero-order chi connectivity index (χ0) is 14.3. The second-order valence-corrected chi connectivity index (χ2v) is 6.38. The summed E-state index contributed by atoms with van der Waals surface area (Å²) < 4.78 is 42.4. The van der Waals surface area contributed by atoms with E-state index in [4.69, 9.17) is 4.74 Å². The Morgan fingerprint density at radius 3 is 2.74 bits per heavy atom. The van der Waals surface area contributed by atoms with Crippen molar-refractivity contribution in [3.05, 3.63) is 30.1 Å². The molecule has 6 heteroatoms. The Morgan fingerprint density at radius 2 is 2.16 bits per heavy atom. The maximum absolute atomic E-state index is 13.1. The van der Waals surface area contributed by atoms with Crippen LogP contribution >= 0.6 is 0 Å². The average molecular weight is 289 g/mol. The number of hydrogen-bond acceptors (Lipinski definition) is 4. The molecule has 0 spiro atoms. The van der Waals surface area contributed by atoms with Gasteiger partial charge in [-0.3, -0.25) is 0 Å². The highest BCUT2D eigenvalue weighted by Crippen LogP contribution is 2.13. The van der Waals surface area contributed by atoms with Crippen molar-refractivity contribution in [1.82, 2.24) is 5.32 Å². The third kappa shape index (κ3) is 5.26. The van der Waals surface area contributed by atoms with E-state index in [2.05, 4.69) is 5.32 Å². The Bertz CT molecular complexity index is 490. The first kappa shape index (κ1) is 16.1. The standard InChI is InChI=1S/C13H20FNO3S/c1-3-7-15-12(9-18-2)10-19(16,17)13-6-4-5-11(14)8-13/h4-6,8,12,15H,3,7,9-10H2,1-2H3. The van der Waals surface area contributed by atoms with Crippen molar-refractivity contribution >= 4 is 9.84 Å². The molecule has 0 aliphatic rings. The van der Waals surface area contributed by atoms with E-state index in [9.17, 15) is 12.8 Å². The molecule has 108 valence electrons. The van der Waals surface area contributed by atoms with Crippen LogP contribution < -0.4 is 5.32 Å². The monoisotopic (exact) mass is 289 g/mol.